The third-order valence-corrected chi connectivity index (χ3v) is 3.40. The summed E-state index contributed by atoms with van der Waals surface area (Å²) in [6, 6.07) is 3.10. The monoisotopic (exact) mass is 195 g/mol. The van der Waals surface area contributed by atoms with Gasteiger partial charge in [-0.3, -0.25) is 0 Å². The molecule has 2 rings (SSSR count). The minimum atomic E-state index is 0.720. The number of hydrogen-bond donors (Lipinski definition) is 1. The van der Waals surface area contributed by atoms with Gasteiger partial charge in [-0.05, 0) is 54.1 Å². The van der Waals surface area contributed by atoms with E-state index in [1.165, 1.54) is 31.4 Å². The molecule has 1 aromatic heterocycles. The van der Waals surface area contributed by atoms with Crippen LogP contribution in [-0.4, -0.2) is 12.6 Å². The number of rotatable bonds is 5. The lowest BCUT2D eigenvalue weighted by Gasteiger charge is -2.09. The molecule has 0 radical (unpaired) electrons. The standard InChI is InChI=1S/C11H17NS/c1-9(10-5-7-13-8-10)4-6-12-11-2-3-11/h5,7-9,11-12H,2-4,6H2,1H3. The maximum atomic E-state index is 3.55. The molecule has 72 valence electrons. The van der Waals surface area contributed by atoms with Gasteiger partial charge >= 0.3 is 0 Å². The van der Waals surface area contributed by atoms with Crippen LogP contribution in [0.5, 0.6) is 0 Å². The molecule has 1 nitrogen and oxygen atoms in total. The van der Waals surface area contributed by atoms with Crippen LogP contribution in [0, 0.1) is 0 Å². The fourth-order valence-electron chi connectivity index (χ4n) is 1.51. The zero-order valence-corrected chi connectivity index (χ0v) is 8.94. The van der Waals surface area contributed by atoms with Crippen LogP contribution in [-0.2, 0) is 0 Å². The molecule has 1 atom stereocenters. The van der Waals surface area contributed by atoms with Crippen molar-refractivity contribution in [3.8, 4) is 0 Å². The first-order valence-corrected chi connectivity index (χ1v) is 6.06. The lowest BCUT2D eigenvalue weighted by Crippen LogP contribution is -2.18. The average Bonchev–Trinajstić information content (AvgIpc) is 2.80. The van der Waals surface area contributed by atoms with E-state index >= 15 is 0 Å². The van der Waals surface area contributed by atoms with Crippen molar-refractivity contribution in [3.63, 3.8) is 0 Å². The molecular weight excluding hydrogens is 178 g/mol. The maximum Gasteiger partial charge on any atom is 0.00682 e. The van der Waals surface area contributed by atoms with Crippen molar-refractivity contribution < 1.29 is 0 Å². The second-order valence-corrected chi connectivity index (χ2v) is 4.75. The molecule has 1 fully saturated rings. The second-order valence-electron chi connectivity index (χ2n) is 3.97. The second kappa shape index (κ2) is 4.25. The van der Waals surface area contributed by atoms with Crippen molar-refractivity contribution in [1.82, 2.24) is 5.32 Å². The van der Waals surface area contributed by atoms with Crippen molar-refractivity contribution in [2.45, 2.75) is 38.1 Å². The Hall–Kier alpha value is -0.340. The molecule has 1 heterocycles. The molecule has 1 aromatic rings. The SMILES string of the molecule is CC(CCNC1CC1)c1ccsc1. The Balaban J connectivity index is 1.68. The number of thiophene rings is 1. The summed E-state index contributed by atoms with van der Waals surface area (Å²) in [5, 5.41) is 7.99. The predicted molar refractivity (Wildman–Crippen MR) is 58.4 cm³/mol. The maximum absolute atomic E-state index is 3.55. The Morgan fingerprint density at radius 3 is 3.08 bits per heavy atom. The molecule has 0 spiro atoms. The highest BCUT2D eigenvalue weighted by molar-refractivity contribution is 7.07. The van der Waals surface area contributed by atoms with Crippen LogP contribution >= 0.6 is 11.3 Å². The topological polar surface area (TPSA) is 12.0 Å². The first-order valence-electron chi connectivity index (χ1n) is 5.12. The Kier molecular flexibility index (Phi) is 3.01. The molecule has 1 saturated carbocycles. The van der Waals surface area contributed by atoms with Gasteiger partial charge in [0, 0.05) is 6.04 Å². The van der Waals surface area contributed by atoms with Crippen molar-refractivity contribution in [3.05, 3.63) is 22.4 Å². The molecule has 0 aliphatic heterocycles. The lowest BCUT2D eigenvalue weighted by atomic mass is 10.0. The van der Waals surface area contributed by atoms with E-state index in [2.05, 4.69) is 29.1 Å². The van der Waals surface area contributed by atoms with Crippen LogP contribution < -0.4 is 5.32 Å². The van der Waals surface area contributed by atoms with Crippen molar-refractivity contribution in [2.24, 2.45) is 0 Å². The summed E-state index contributed by atoms with van der Waals surface area (Å²) >= 11 is 1.80. The van der Waals surface area contributed by atoms with Crippen LogP contribution in [0.15, 0.2) is 16.8 Å². The molecule has 0 saturated heterocycles. The first kappa shape index (κ1) is 9.22. The van der Waals surface area contributed by atoms with Gasteiger partial charge in [0.25, 0.3) is 0 Å². The number of hydrogen-bond acceptors (Lipinski definition) is 2. The van der Waals surface area contributed by atoms with Crippen LogP contribution in [0.1, 0.15) is 37.7 Å². The van der Waals surface area contributed by atoms with Gasteiger partial charge in [-0.25, -0.2) is 0 Å². The van der Waals surface area contributed by atoms with E-state index in [-0.39, 0.29) is 0 Å². The molecule has 1 N–H and O–H groups in total. The Labute approximate surface area is 84.2 Å². The normalized spacial score (nSPS) is 18.8. The minimum Gasteiger partial charge on any atom is -0.314 e. The smallest absolute Gasteiger partial charge is 0.00682 e. The van der Waals surface area contributed by atoms with E-state index < -0.39 is 0 Å². The van der Waals surface area contributed by atoms with E-state index in [0.717, 1.165) is 12.0 Å². The van der Waals surface area contributed by atoms with Crippen molar-refractivity contribution in [2.75, 3.05) is 6.54 Å². The largest absolute Gasteiger partial charge is 0.314 e. The summed E-state index contributed by atoms with van der Waals surface area (Å²) in [4.78, 5) is 0. The Morgan fingerprint density at radius 2 is 2.46 bits per heavy atom. The summed E-state index contributed by atoms with van der Waals surface area (Å²) in [6.07, 6.45) is 4.06. The van der Waals surface area contributed by atoms with E-state index in [1.807, 2.05) is 0 Å². The Bertz CT molecular complexity index is 239. The highest BCUT2D eigenvalue weighted by atomic mass is 32.1. The molecule has 0 aromatic carbocycles. The molecule has 13 heavy (non-hydrogen) atoms. The molecule has 1 unspecified atom stereocenters. The van der Waals surface area contributed by atoms with Gasteiger partial charge < -0.3 is 5.32 Å². The molecule has 1 aliphatic carbocycles. The number of nitrogens with one attached hydrogen (secondary N) is 1. The van der Waals surface area contributed by atoms with Crippen molar-refractivity contribution >= 4 is 11.3 Å². The summed E-state index contributed by atoms with van der Waals surface area (Å²) in [6.45, 7) is 3.50. The molecule has 2 heteroatoms. The van der Waals surface area contributed by atoms with E-state index in [1.54, 1.807) is 11.3 Å². The zero-order chi connectivity index (χ0) is 9.10. The summed E-state index contributed by atoms with van der Waals surface area (Å²) in [5.41, 5.74) is 1.50. The van der Waals surface area contributed by atoms with Gasteiger partial charge in [0.2, 0.25) is 0 Å². The summed E-state index contributed by atoms with van der Waals surface area (Å²) < 4.78 is 0. The fourth-order valence-corrected chi connectivity index (χ4v) is 2.30. The highest BCUT2D eigenvalue weighted by Crippen LogP contribution is 2.22. The predicted octanol–water partition coefficient (Wildman–Crippen LogP) is 2.99. The van der Waals surface area contributed by atoms with E-state index in [9.17, 15) is 0 Å². The van der Waals surface area contributed by atoms with Crippen molar-refractivity contribution in [1.29, 1.82) is 0 Å². The zero-order valence-electron chi connectivity index (χ0n) is 8.12. The third kappa shape index (κ3) is 2.82. The Morgan fingerprint density at radius 1 is 1.62 bits per heavy atom. The highest BCUT2D eigenvalue weighted by Gasteiger charge is 2.20. The van der Waals surface area contributed by atoms with E-state index in [4.69, 9.17) is 0 Å². The van der Waals surface area contributed by atoms with Gasteiger partial charge in [0.15, 0.2) is 0 Å². The van der Waals surface area contributed by atoms with E-state index in [0.29, 0.717) is 0 Å². The van der Waals surface area contributed by atoms with Gasteiger partial charge in [-0.2, -0.15) is 11.3 Å². The first-order chi connectivity index (χ1) is 6.36. The minimum absolute atomic E-state index is 0.720. The van der Waals surface area contributed by atoms with Gasteiger partial charge in [-0.15, -0.1) is 0 Å². The van der Waals surface area contributed by atoms with Crippen LogP contribution in [0.3, 0.4) is 0 Å². The molecule has 0 amide bonds. The van der Waals surface area contributed by atoms with Crippen LogP contribution in [0.25, 0.3) is 0 Å². The molecule has 1 aliphatic rings. The summed E-state index contributed by atoms with van der Waals surface area (Å²) in [5.74, 6) is 0.720. The molecule has 0 bridgehead atoms. The average molecular weight is 195 g/mol. The van der Waals surface area contributed by atoms with Crippen LogP contribution in [0.2, 0.25) is 0 Å². The third-order valence-electron chi connectivity index (χ3n) is 2.70. The fraction of sp³-hybridized carbons (Fsp3) is 0.636. The summed E-state index contributed by atoms with van der Waals surface area (Å²) in [7, 11) is 0. The van der Waals surface area contributed by atoms with Crippen LogP contribution in [0.4, 0.5) is 0 Å². The van der Waals surface area contributed by atoms with Gasteiger partial charge in [-0.1, -0.05) is 6.92 Å². The van der Waals surface area contributed by atoms with Gasteiger partial charge in [0.1, 0.15) is 0 Å². The quantitative estimate of drug-likeness (QED) is 0.761. The van der Waals surface area contributed by atoms with Gasteiger partial charge in [0.05, 0.1) is 0 Å². The molecular formula is C11H17NS. The lowest BCUT2D eigenvalue weighted by molar-refractivity contribution is 0.593.